The second kappa shape index (κ2) is 3.96. The minimum absolute atomic E-state index is 0.0863. The molecule has 1 amide bonds. The molecule has 3 aliphatic rings. The SMILES string of the molecule is O=C(NCc1nc2ncccn2n1)C12CC(C(F)(F)F)(C1)C2. The van der Waals surface area contributed by atoms with Crippen molar-refractivity contribution in [1.82, 2.24) is 24.9 Å². The lowest BCUT2D eigenvalue weighted by Gasteiger charge is -2.69. The molecule has 2 aromatic rings. The molecule has 1 N–H and O–H groups in total. The Balaban J connectivity index is 1.38. The van der Waals surface area contributed by atoms with Crippen LogP contribution >= 0.6 is 0 Å². The molecule has 0 saturated heterocycles. The first kappa shape index (κ1) is 13.5. The number of fused-ring (bicyclic) bond motifs is 1. The lowest BCUT2D eigenvalue weighted by Crippen LogP contribution is -2.72. The summed E-state index contributed by atoms with van der Waals surface area (Å²) in [5, 5.41) is 6.76. The van der Waals surface area contributed by atoms with Crippen molar-refractivity contribution in [2.75, 3.05) is 0 Å². The van der Waals surface area contributed by atoms with Gasteiger partial charge in [-0.15, -0.1) is 5.10 Å². The number of nitrogens with one attached hydrogen (secondary N) is 1. The normalized spacial score (nSPS) is 29.8. The number of hydrogen-bond acceptors (Lipinski definition) is 4. The number of nitrogens with zero attached hydrogens (tertiary/aromatic N) is 4. The quantitative estimate of drug-likeness (QED) is 0.932. The predicted octanol–water partition coefficient (Wildman–Crippen LogP) is 1.47. The highest BCUT2D eigenvalue weighted by atomic mass is 19.4. The number of rotatable bonds is 3. The van der Waals surface area contributed by atoms with Crippen molar-refractivity contribution in [3.05, 3.63) is 24.3 Å². The second-order valence-electron chi connectivity index (χ2n) is 6.16. The van der Waals surface area contributed by atoms with E-state index < -0.39 is 17.0 Å². The van der Waals surface area contributed by atoms with Crippen LogP contribution in [-0.2, 0) is 11.3 Å². The molecule has 3 saturated carbocycles. The lowest BCUT2D eigenvalue weighted by atomic mass is 9.34. The number of aromatic nitrogens is 4. The minimum atomic E-state index is -4.20. The maximum atomic E-state index is 12.8. The lowest BCUT2D eigenvalue weighted by molar-refractivity contribution is -0.351. The summed E-state index contributed by atoms with van der Waals surface area (Å²) in [6.45, 7) is 0.0863. The summed E-state index contributed by atoms with van der Waals surface area (Å²) in [6.07, 6.45) is -1.26. The van der Waals surface area contributed by atoms with Crippen molar-refractivity contribution in [3.8, 4) is 0 Å². The van der Waals surface area contributed by atoms with Gasteiger partial charge in [-0.2, -0.15) is 18.2 Å². The molecule has 5 rings (SSSR count). The molecular formula is C13H12F3N5O. The van der Waals surface area contributed by atoms with E-state index in [1.807, 2.05) is 0 Å². The predicted molar refractivity (Wildman–Crippen MR) is 67.4 cm³/mol. The van der Waals surface area contributed by atoms with Gasteiger partial charge in [0.25, 0.3) is 5.78 Å². The van der Waals surface area contributed by atoms with Crippen LogP contribution in [-0.4, -0.2) is 31.7 Å². The fourth-order valence-corrected chi connectivity index (χ4v) is 3.53. The minimum Gasteiger partial charge on any atom is -0.348 e. The molecule has 2 bridgehead atoms. The van der Waals surface area contributed by atoms with Gasteiger partial charge in [0.05, 0.1) is 17.4 Å². The smallest absolute Gasteiger partial charge is 0.348 e. The van der Waals surface area contributed by atoms with Crippen molar-refractivity contribution in [2.24, 2.45) is 10.8 Å². The number of alkyl halides is 3. The summed E-state index contributed by atoms with van der Waals surface area (Å²) in [5.74, 6) is 0.447. The van der Waals surface area contributed by atoms with E-state index in [9.17, 15) is 18.0 Å². The van der Waals surface area contributed by atoms with Gasteiger partial charge in [-0.05, 0) is 25.3 Å². The van der Waals surface area contributed by atoms with Crippen LogP contribution in [0.15, 0.2) is 18.5 Å². The molecule has 0 aliphatic heterocycles. The van der Waals surface area contributed by atoms with Crippen LogP contribution in [0.4, 0.5) is 13.2 Å². The molecule has 0 aromatic carbocycles. The van der Waals surface area contributed by atoms with Gasteiger partial charge in [-0.1, -0.05) is 0 Å². The molecule has 2 aromatic heterocycles. The Morgan fingerprint density at radius 2 is 2.09 bits per heavy atom. The van der Waals surface area contributed by atoms with Crippen LogP contribution in [0, 0.1) is 10.8 Å². The van der Waals surface area contributed by atoms with Gasteiger partial charge >= 0.3 is 6.18 Å². The first-order valence-electron chi connectivity index (χ1n) is 6.85. The van der Waals surface area contributed by atoms with E-state index >= 15 is 0 Å². The molecule has 2 heterocycles. The van der Waals surface area contributed by atoms with Gasteiger partial charge in [0, 0.05) is 12.4 Å². The highest BCUT2D eigenvalue weighted by Crippen LogP contribution is 2.78. The molecule has 9 heteroatoms. The summed E-state index contributed by atoms with van der Waals surface area (Å²) >= 11 is 0. The Hall–Kier alpha value is -2.19. The van der Waals surface area contributed by atoms with Gasteiger partial charge in [-0.25, -0.2) is 9.50 Å². The van der Waals surface area contributed by atoms with Crippen molar-refractivity contribution < 1.29 is 18.0 Å². The molecule has 6 nitrogen and oxygen atoms in total. The van der Waals surface area contributed by atoms with Crippen LogP contribution in [0.3, 0.4) is 0 Å². The van der Waals surface area contributed by atoms with Gasteiger partial charge in [0.1, 0.15) is 0 Å². The third-order valence-electron chi connectivity index (χ3n) is 4.68. The molecule has 22 heavy (non-hydrogen) atoms. The molecule has 3 fully saturated rings. The van der Waals surface area contributed by atoms with E-state index in [0.717, 1.165) is 0 Å². The Morgan fingerprint density at radius 3 is 2.73 bits per heavy atom. The van der Waals surface area contributed by atoms with E-state index in [4.69, 9.17) is 0 Å². The van der Waals surface area contributed by atoms with Crippen LogP contribution in [0.25, 0.3) is 5.78 Å². The fraction of sp³-hybridized carbons (Fsp3) is 0.538. The van der Waals surface area contributed by atoms with Crippen LogP contribution in [0.5, 0.6) is 0 Å². The molecule has 0 radical (unpaired) electrons. The Bertz CT molecular complexity index is 716. The van der Waals surface area contributed by atoms with Crippen molar-refractivity contribution in [2.45, 2.75) is 32.0 Å². The standard InChI is InChI=1S/C13H12F3N5O/c14-13(15,16)12-5-11(6-12,7-12)9(22)18-4-8-19-10-17-2-1-3-21(10)20-8/h1-3H,4-7H2,(H,18,22). The molecule has 0 unspecified atom stereocenters. The fourth-order valence-electron chi connectivity index (χ4n) is 3.53. The van der Waals surface area contributed by atoms with Gasteiger partial charge in [0.2, 0.25) is 5.91 Å². The number of halogens is 3. The van der Waals surface area contributed by atoms with E-state index in [0.29, 0.717) is 11.6 Å². The monoisotopic (exact) mass is 311 g/mol. The van der Waals surface area contributed by atoms with E-state index in [-0.39, 0.29) is 31.7 Å². The summed E-state index contributed by atoms with van der Waals surface area (Å²) in [4.78, 5) is 20.2. The number of hydrogen-bond donors (Lipinski definition) is 1. The van der Waals surface area contributed by atoms with Crippen LogP contribution < -0.4 is 5.32 Å². The average Bonchev–Trinajstić information content (AvgIpc) is 2.73. The number of amides is 1. The highest BCUT2D eigenvalue weighted by Gasteiger charge is 2.80. The molecule has 0 atom stereocenters. The highest BCUT2D eigenvalue weighted by molar-refractivity contribution is 5.86. The summed E-state index contributed by atoms with van der Waals surface area (Å²) in [5.41, 5.74) is -2.46. The maximum absolute atomic E-state index is 12.8. The van der Waals surface area contributed by atoms with E-state index in [2.05, 4.69) is 20.4 Å². The number of carbonyl (C=O) groups is 1. The Kier molecular flexibility index (Phi) is 2.43. The topological polar surface area (TPSA) is 72.2 Å². The van der Waals surface area contributed by atoms with Gasteiger partial charge in [0.15, 0.2) is 5.82 Å². The largest absolute Gasteiger partial charge is 0.394 e. The van der Waals surface area contributed by atoms with E-state index in [1.165, 1.54) is 4.52 Å². The molecule has 116 valence electrons. The number of carbonyl (C=O) groups excluding carboxylic acids is 1. The summed E-state index contributed by atoms with van der Waals surface area (Å²) in [6, 6.07) is 1.70. The van der Waals surface area contributed by atoms with E-state index in [1.54, 1.807) is 18.5 Å². The first-order valence-corrected chi connectivity index (χ1v) is 6.85. The summed E-state index contributed by atoms with van der Waals surface area (Å²) in [7, 11) is 0. The molecule has 0 spiro atoms. The van der Waals surface area contributed by atoms with Gasteiger partial charge in [-0.3, -0.25) is 4.79 Å². The van der Waals surface area contributed by atoms with Crippen molar-refractivity contribution >= 4 is 11.7 Å². The van der Waals surface area contributed by atoms with Crippen LogP contribution in [0.1, 0.15) is 25.1 Å². The second-order valence-corrected chi connectivity index (χ2v) is 6.16. The molecule has 3 aliphatic carbocycles. The Labute approximate surface area is 122 Å². The zero-order chi connectivity index (χ0) is 15.6. The average molecular weight is 311 g/mol. The zero-order valence-electron chi connectivity index (χ0n) is 11.4. The third-order valence-corrected chi connectivity index (χ3v) is 4.68. The summed E-state index contributed by atoms with van der Waals surface area (Å²) < 4.78 is 39.8. The Morgan fingerprint density at radius 1 is 1.36 bits per heavy atom. The van der Waals surface area contributed by atoms with Crippen molar-refractivity contribution in [3.63, 3.8) is 0 Å². The third kappa shape index (κ3) is 1.68. The zero-order valence-corrected chi connectivity index (χ0v) is 11.4. The van der Waals surface area contributed by atoms with Crippen LogP contribution in [0.2, 0.25) is 0 Å². The van der Waals surface area contributed by atoms with Gasteiger partial charge < -0.3 is 5.32 Å². The van der Waals surface area contributed by atoms with Crippen molar-refractivity contribution in [1.29, 1.82) is 0 Å². The first-order chi connectivity index (χ1) is 10.3. The molecular weight excluding hydrogens is 299 g/mol. The maximum Gasteiger partial charge on any atom is 0.394 e.